The van der Waals surface area contributed by atoms with Crippen LogP contribution in [-0.2, 0) is 0 Å². The Morgan fingerprint density at radius 2 is 2.00 bits per heavy atom. The summed E-state index contributed by atoms with van der Waals surface area (Å²) in [7, 11) is 0. The Morgan fingerprint density at radius 3 is 2.46 bits per heavy atom. The minimum Gasteiger partial charge on any atom is -0.166 e. The van der Waals surface area contributed by atoms with E-state index in [-0.39, 0.29) is 5.92 Å². The molecule has 0 nitrogen and oxygen atoms in total. The number of alkyl halides is 3. The van der Waals surface area contributed by atoms with Crippen molar-refractivity contribution < 1.29 is 13.2 Å². The number of hydrogen-bond donors (Lipinski definition) is 0. The molecule has 0 aromatic rings. The molecule has 1 aliphatic carbocycles. The average Bonchev–Trinajstić information content (AvgIpc) is 2.02. The van der Waals surface area contributed by atoms with Crippen LogP contribution in [0.1, 0.15) is 20.3 Å². The number of allylic oxidation sites excluding steroid dienone is 4. The van der Waals surface area contributed by atoms with Gasteiger partial charge in [-0.1, -0.05) is 32.1 Å². The summed E-state index contributed by atoms with van der Waals surface area (Å²) in [5, 5.41) is 0. The quantitative estimate of drug-likeness (QED) is 0.591. The van der Waals surface area contributed by atoms with Gasteiger partial charge in [-0.05, 0) is 18.3 Å². The lowest BCUT2D eigenvalue weighted by Crippen LogP contribution is -2.24. The van der Waals surface area contributed by atoms with E-state index in [1.54, 1.807) is 6.92 Å². The van der Waals surface area contributed by atoms with Gasteiger partial charge in [0.15, 0.2) is 0 Å². The van der Waals surface area contributed by atoms with E-state index in [4.69, 9.17) is 0 Å². The number of hydrogen-bond acceptors (Lipinski definition) is 0. The zero-order valence-corrected chi connectivity index (χ0v) is 7.73. The predicted octanol–water partition coefficient (Wildman–Crippen LogP) is 3.71. The molecule has 2 unspecified atom stereocenters. The maximum Gasteiger partial charge on any atom is 0.412 e. The van der Waals surface area contributed by atoms with Gasteiger partial charge < -0.3 is 0 Å². The molecule has 2 atom stereocenters. The summed E-state index contributed by atoms with van der Waals surface area (Å²) >= 11 is 0. The Labute approximate surface area is 76.1 Å². The molecule has 0 fully saturated rings. The molecule has 1 rings (SSSR count). The molecule has 0 saturated heterocycles. The van der Waals surface area contributed by atoms with Gasteiger partial charge in [0.25, 0.3) is 0 Å². The van der Waals surface area contributed by atoms with Crippen molar-refractivity contribution in [3.63, 3.8) is 0 Å². The summed E-state index contributed by atoms with van der Waals surface area (Å²) in [5.41, 5.74) is -0.401. The summed E-state index contributed by atoms with van der Waals surface area (Å²) in [5.74, 6) is -0.378. The van der Waals surface area contributed by atoms with Crippen LogP contribution in [-0.4, -0.2) is 6.18 Å². The van der Waals surface area contributed by atoms with Gasteiger partial charge in [0.05, 0.1) is 0 Å². The largest absolute Gasteiger partial charge is 0.412 e. The van der Waals surface area contributed by atoms with Gasteiger partial charge in [-0.25, -0.2) is 0 Å². The fourth-order valence-electron chi connectivity index (χ4n) is 1.69. The van der Waals surface area contributed by atoms with Gasteiger partial charge in [0, 0.05) is 5.57 Å². The maximum atomic E-state index is 12.4. The zero-order chi connectivity index (χ0) is 10.1. The van der Waals surface area contributed by atoms with E-state index in [9.17, 15) is 13.2 Å². The van der Waals surface area contributed by atoms with E-state index >= 15 is 0 Å². The molecule has 0 aliphatic heterocycles. The summed E-state index contributed by atoms with van der Waals surface area (Å²) < 4.78 is 37.2. The number of halogens is 3. The van der Waals surface area contributed by atoms with Crippen molar-refractivity contribution >= 4 is 0 Å². The zero-order valence-electron chi connectivity index (χ0n) is 7.73. The van der Waals surface area contributed by atoms with Crippen LogP contribution in [0.5, 0.6) is 0 Å². The van der Waals surface area contributed by atoms with Gasteiger partial charge in [-0.3, -0.25) is 0 Å². The van der Waals surface area contributed by atoms with Crippen molar-refractivity contribution in [2.75, 3.05) is 0 Å². The predicted molar refractivity (Wildman–Crippen MR) is 46.2 cm³/mol. The second kappa shape index (κ2) is 3.56. The highest BCUT2D eigenvalue weighted by Gasteiger charge is 2.39. The van der Waals surface area contributed by atoms with Gasteiger partial charge >= 0.3 is 6.18 Å². The van der Waals surface area contributed by atoms with Crippen LogP contribution in [0.4, 0.5) is 13.2 Å². The Kier molecular flexibility index (Phi) is 2.84. The molecule has 0 bridgehead atoms. The molecule has 3 heteroatoms. The van der Waals surface area contributed by atoms with E-state index < -0.39 is 17.7 Å². The molecular formula is C10H13F3. The van der Waals surface area contributed by atoms with Gasteiger partial charge in [-0.15, -0.1) is 0 Å². The summed E-state index contributed by atoms with van der Waals surface area (Å²) in [6.45, 7) is 3.54. The Morgan fingerprint density at radius 1 is 1.38 bits per heavy atom. The Hall–Kier alpha value is -0.730. The van der Waals surface area contributed by atoms with Crippen LogP contribution in [0.15, 0.2) is 23.8 Å². The fraction of sp³-hybridized carbons (Fsp3) is 0.600. The van der Waals surface area contributed by atoms with Gasteiger partial charge in [0.1, 0.15) is 0 Å². The summed E-state index contributed by atoms with van der Waals surface area (Å²) in [6, 6.07) is 0. The second-order valence-electron chi connectivity index (χ2n) is 3.37. The van der Waals surface area contributed by atoms with Gasteiger partial charge in [-0.2, -0.15) is 13.2 Å². The molecule has 0 aromatic heterocycles. The molecule has 0 amide bonds. The van der Waals surface area contributed by atoms with Crippen LogP contribution >= 0.6 is 0 Å². The molecule has 13 heavy (non-hydrogen) atoms. The summed E-state index contributed by atoms with van der Waals surface area (Å²) in [4.78, 5) is 0. The van der Waals surface area contributed by atoms with E-state index in [0.29, 0.717) is 0 Å². The Bertz CT molecular complexity index is 235. The first-order valence-electron chi connectivity index (χ1n) is 4.42. The van der Waals surface area contributed by atoms with Crippen LogP contribution in [0.2, 0.25) is 0 Å². The third-order valence-corrected chi connectivity index (χ3v) is 2.57. The van der Waals surface area contributed by atoms with Crippen molar-refractivity contribution in [3.05, 3.63) is 23.8 Å². The number of rotatable bonds is 1. The molecule has 0 aromatic carbocycles. The SMILES string of the molecule is CCC1C=CC=C(C(F)(F)F)C1C. The lowest BCUT2D eigenvalue weighted by molar-refractivity contribution is -0.100. The Balaban J connectivity index is 2.87. The van der Waals surface area contributed by atoms with E-state index in [1.807, 2.05) is 13.0 Å². The second-order valence-corrected chi connectivity index (χ2v) is 3.37. The van der Waals surface area contributed by atoms with E-state index in [0.717, 1.165) is 6.42 Å². The van der Waals surface area contributed by atoms with Crippen molar-refractivity contribution in [2.45, 2.75) is 26.4 Å². The minimum atomic E-state index is -4.17. The first-order valence-corrected chi connectivity index (χ1v) is 4.42. The normalized spacial score (nSPS) is 28.8. The summed E-state index contributed by atoms with van der Waals surface area (Å²) in [6.07, 6.45) is 1.12. The molecule has 0 saturated carbocycles. The average molecular weight is 190 g/mol. The van der Waals surface area contributed by atoms with Crippen LogP contribution in [0, 0.1) is 11.8 Å². The molecule has 0 N–H and O–H groups in total. The smallest absolute Gasteiger partial charge is 0.166 e. The highest BCUT2D eigenvalue weighted by atomic mass is 19.4. The molecule has 74 valence electrons. The molecule has 0 heterocycles. The molecule has 0 radical (unpaired) electrons. The highest BCUT2D eigenvalue weighted by Crippen LogP contribution is 2.38. The fourth-order valence-corrected chi connectivity index (χ4v) is 1.69. The third-order valence-electron chi connectivity index (χ3n) is 2.57. The highest BCUT2D eigenvalue weighted by molar-refractivity contribution is 5.25. The first-order chi connectivity index (χ1) is 5.96. The van der Waals surface area contributed by atoms with Crippen molar-refractivity contribution in [1.82, 2.24) is 0 Å². The monoisotopic (exact) mass is 190 g/mol. The van der Waals surface area contributed by atoms with Gasteiger partial charge in [0.2, 0.25) is 0 Å². The topological polar surface area (TPSA) is 0 Å². The molecule has 1 aliphatic rings. The van der Waals surface area contributed by atoms with Crippen LogP contribution in [0.3, 0.4) is 0 Å². The lowest BCUT2D eigenvalue weighted by Gasteiger charge is -2.26. The van der Waals surface area contributed by atoms with E-state index in [2.05, 4.69) is 0 Å². The van der Waals surface area contributed by atoms with Crippen LogP contribution < -0.4 is 0 Å². The van der Waals surface area contributed by atoms with Crippen molar-refractivity contribution in [1.29, 1.82) is 0 Å². The minimum absolute atomic E-state index is 0.0293. The van der Waals surface area contributed by atoms with E-state index in [1.165, 1.54) is 12.2 Å². The molecular weight excluding hydrogens is 177 g/mol. The maximum absolute atomic E-state index is 12.4. The lowest BCUT2D eigenvalue weighted by atomic mass is 9.82. The van der Waals surface area contributed by atoms with Crippen molar-refractivity contribution in [3.8, 4) is 0 Å². The first kappa shape index (κ1) is 10.4. The van der Waals surface area contributed by atoms with Crippen molar-refractivity contribution in [2.24, 2.45) is 11.8 Å². The third kappa shape index (κ3) is 2.14. The van der Waals surface area contributed by atoms with Crippen LogP contribution in [0.25, 0.3) is 0 Å². The molecule has 0 spiro atoms. The standard InChI is InChI=1S/C10H13F3/c1-3-8-5-4-6-9(7(8)2)10(11,12)13/h4-8H,3H2,1-2H3.